The molecule has 0 radical (unpaired) electrons. The summed E-state index contributed by atoms with van der Waals surface area (Å²) in [4.78, 5) is 13.9. The Bertz CT molecular complexity index is 2120. The second-order valence-corrected chi connectivity index (χ2v) is 11.3. The van der Waals surface area contributed by atoms with Gasteiger partial charge in [0.25, 0.3) is 0 Å². The van der Waals surface area contributed by atoms with Gasteiger partial charge in [0, 0.05) is 52.3 Å². The van der Waals surface area contributed by atoms with Gasteiger partial charge in [0.05, 0.1) is 33.6 Å². The van der Waals surface area contributed by atoms with Crippen LogP contribution < -0.4 is 0 Å². The average Bonchev–Trinajstić information content (AvgIpc) is 3.19. The van der Waals surface area contributed by atoms with Gasteiger partial charge in [0.15, 0.2) is 0 Å². The molecule has 236 valence electrons. The van der Waals surface area contributed by atoms with Crippen LogP contribution in [-0.4, -0.2) is 15.0 Å². The fraction of sp³-hybridized carbons (Fsp3) is 0. The summed E-state index contributed by atoms with van der Waals surface area (Å²) in [7, 11) is 0. The number of aromatic nitrogens is 3. The molecule has 0 saturated carbocycles. The van der Waals surface area contributed by atoms with Crippen LogP contribution in [-0.2, 0) is 19.5 Å². The predicted octanol–water partition coefficient (Wildman–Crippen LogP) is 11.7. The van der Waals surface area contributed by atoms with E-state index in [1.165, 1.54) is 16.2 Å². The molecule has 49 heavy (non-hydrogen) atoms. The number of rotatable bonds is 3. The Hall–Kier alpha value is -5.83. The van der Waals surface area contributed by atoms with Gasteiger partial charge in [-0.05, 0) is 36.4 Å². The van der Waals surface area contributed by atoms with Crippen molar-refractivity contribution in [2.75, 3.05) is 0 Å². The van der Waals surface area contributed by atoms with Crippen LogP contribution in [0.2, 0.25) is 0 Å². The van der Waals surface area contributed by atoms with Gasteiger partial charge in [-0.1, -0.05) is 164 Å². The van der Waals surface area contributed by atoms with Crippen molar-refractivity contribution in [3.8, 4) is 33.8 Å². The standard InChI is InChI=1S/3C15H11N.Ru/c3*1-2-6-12(7-3-1)15-11-10-13-8-4-5-9-14(13)16-15;/h3*1-11H;. The summed E-state index contributed by atoms with van der Waals surface area (Å²) >= 11 is 0. The van der Waals surface area contributed by atoms with E-state index >= 15 is 0 Å². The number of fused-ring (bicyclic) bond motifs is 3. The van der Waals surface area contributed by atoms with Crippen molar-refractivity contribution >= 4 is 32.7 Å². The second kappa shape index (κ2) is 16.3. The summed E-state index contributed by atoms with van der Waals surface area (Å²) in [5.74, 6) is 0. The zero-order valence-electron chi connectivity index (χ0n) is 26.7. The van der Waals surface area contributed by atoms with Crippen molar-refractivity contribution in [1.82, 2.24) is 15.0 Å². The molecule has 3 nitrogen and oxygen atoms in total. The molecule has 0 aliphatic carbocycles. The van der Waals surface area contributed by atoms with Crippen LogP contribution in [0.3, 0.4) is 0 Å². The first-order chi connectivity index (χ1) is 23.8. The monoisotopic (exact) mass is 717 g/mol. The number of hydrogen-bond donors (Lipinski definition) is 0. The van der Waals surface area contributed by atoms with E-state index in [0.717, 1.165) is 50.3 Å². The molecule has 0 bridgehead atoms. The molecule has 9 aromatic rings. The van der Waals surface area contributed by atoms with Crippen molar-refractivity contribution in [2.24, 2.45) is 0 Å². The van der Waals surface area contributed by atoms with Crippen LogP contribution in [0.25, 0.3) is 66.5 Å². The van der Waals surface area contributed by atoms with E-state index in [2.05, 4.69) is 106 Å². The topological polar surface area (TPSA) is 38.7 Å². The van der Waals surface area contributed by atoms with Gasteiger partial charge in [-0.3, -0.25) is 0 Å². The molecule has 3 aromatic heterocycles. The normalized spacial score (nSPS) is 10.3. The Morgan fingerprint density at radius 3 is 0.755 bits per heavy atom. The maximum atomic E-state index is 4.65. The molecule has 3 heterocycles. The molecule has 0 N–H and O–H groups in total. The van der Waals surface area contributed by atoms with Crippen LogP contribution in [0.5, 0.6) is 0 Å². The summed E-state index contributed by atoms with van der Waals surface area (Å²) < 4.78 is 0. The predicted molar refractivity (Wildman–Crippen MR) is 202 cm³/mol. The van der Waals surface area contributed by atoms with Crippen molar-refractivity contribution in [2.45, 2.75) is 0 Å². The Labute approximate surface area is 299 Å². The molecule has 6 aromatic carbocycles. The molecule has 4 heteroatoms. The third-order valence-corrected chi connectivity index (χ3v) is 8.00. The van der Waals surface area contributed by atoms with E-state index in [1.54, 1.807) is 0 Å². The third kappa shape index (κ3) is 8.37. The van der Waals surface area contributed by atoms with Gasteiger partial charge in [-0.15, -0.1) is 0 Å². The molecule has 0 unspecified atom stereocenters. The SMILES string of the molecule is [Ru].c1ccc(-c2ccc3ccccc3n2)cc1.c1ccc(-c2ccc3ccccc3n2)cc1.c1ccc(-c2ccc3ccccc3n2)cc1. The van der Waals surface area contributed by atoms with E-state index in [1.807, 2.05) is 109 Å². The van der Waals surface area contributed by atoms with E-state index in [4.69, 9.17) is 0 Å². The molecule has 9 rings (SSSR count). The zero-order valence-corrected chi connectivity index (χ0v) is 28.5. The first kappa shape index (κ1) is 33.1. The van der Waals surface area contributed by atoms with Crippen molar-refractivity contribution in [1.29, 1.82) is 0 Å². The molecular formula is C45H33N3Ru. The minimum absolute atomic E-state index is 0. The first-order valence-electron chi connectivity index (χ1n) is 16.0. The Kier molecular flexibility index (Phi) is 11.0. The van der Waals surface area contributed by atoms with E-state index in [0.29, 0.717) is 0 Å². The molecule has 0 spiro atoms. The van der Waals surface area contributed by atoms with Crippen molar-refractivity contribution in [3.05, 3.63) is 200 Å². The molecule has 0 aliphatic rings. The summed E-state index contributed by atoms with van der Waals surface area (Å²) in [5.41, 5.74) is 9.70. The van der Waals surface area contributed by atoms with Crippen LogP contribution >= 0.6 is 0 Å². The van der Waals surface area contributed by atoms with Crippen LogP contribution in [0.15, 0.2) is 200 Å². The molecule has 0 atom stereocenters. The molecule has 0 aliphatic heterocycles. The van der Waals surface area contributed by atoms with E-state index < -0.39 is 0 Å². The fourth-order valence-electron chi connectivity index (χ4n) is 5.51. The van der Waals surface area contributed by atoms with Gasteiger partial charge in [-0.2, -0.15) is 0 Å². The Morgan fingerprint density at radius 2 is 0.469 bits per heavy atom. The van der Waals surface area contributed by atoms with Crippen LogP contribution in [0.1, 0.15) is 0 Å². The van der Waals surface area contributed by atoms with E-state index in [-0.39, 0.29) is 19.5 Å². The number of nitrogens with zero attached hydrogens (tertiary/aromatic N) is 3. The molecule has 0 amide bonds. The average molecular weight is 717 g/mol. The maximum absolute atomic E-state index is 4.65. The quantitative estimate of drug-likeness (QED) is 0.171. The van der Waals surface area contributed by atoms with Crippen molar-refractivity contribution < 1.29 is 19.5 Å². The smallest absolute Gasteiger partial charge is 0.0709 e. The molecule has 0 fully saturated rings. The van der Waals surface area contributed by atoms with Gasteiger partial charge < -0.3 is 0 Å². The number of para-hydroxylation sites is 3. The summed E-state index contributed by atoms with van der Waals surface area (Å²) in [6.07, 6.45) is 0. The minimum atomic E-state index is 0. The number of pyridine rings is 3. The van der Waals surface area contributed by atoms with Gasteiger partial charge >= 0.3 is 0 Å². The van der Waals surface area contributed by atoms with E-state index in [9.17, 15) is 0 Å². The second-order valence-electron chi connectivity index (χ2n) is 11.3. The zero-order chi connectivity index (χ0) is 32.4. The largest absolute Gasteiger partial charge is 0.248 e. The fourth-order valence-corrected chi connectivity index (χ4v) is 5.51. The summed E-state index contributed by atoms with van der Waals surface area (Å²) in [6, 6.07) is 67.8. The minimum Gasteiger partial charge on any atom is -0.248 e. The molecule has 0 saturated heterocycles. The first-order valence-corrected chi connectivity index (χ1v) is 16.0. The molecular weight excluding hydrogens is 684 g/mol. The van der Waals surface area contributed by atoms with Crippen LogP contribution in [0.4, 0.5) is 0 Å². The van der Waals surface area contributed by atoms with Crippen LogP contribution in [0, 0.1) is 0 Å². The third-order valence-electron chi connectivity index (χ3n) is 8.00. The van der Waals surface area contributed by atoms with Gasteiger partial charge in [-0.25, -0.2) is 15.0 Å². The van der Waals surface area contributed by atoms with Crippen molar-refractivity contribution in [3.63, 3.8) is 0 Å². The Balaban J connectivity index is 0.000000126. The Morgan fingerprint density at radius 1 is 0.224 bits per heavy atom. The van der Waals surface area contributed by atoms with Gasteiger partial charge in [0.1, 0.15) is 0 Å². The number of hydrogen-bond acceptors (Lipinski definition) is 3. The summed E-state index contributed by atoms with van der Waals surface area (Å²) in [6.45, 7) is 0. The maximum Gasteiger partial charge on any atom is 0.0709 e. The number of benzene rings is 6. The van der Waals surface area contributed by atoms with Gasteiger partial charge in [0.2, 0.25) is 0 Å². The summed E-state index contributed by atoms with van der Waals surface area (Å²) in [5, 5.41) is 3.55.